The van der Waals surface area contributed by atoms with Gasteiger partial charge in [-0.3, -0.25) is 4.79 Å². The molecule has 0 saturated heterocycles. The maximum absolute atomic E-state index is 13.9. The topological polar surface area (TPSA) is 47.8 Å². The van der Waals surface area contributed by atoms with E-state index in [9.17, 15) is 9.18 Å². The number of nitrogens with zero attached hydrogens (tertiary/aromatic N) is 3. The Morgan fingerprint density at radius 1 is 1.50 bits per heavy atom. The van der Waals surface area contributed by atoms with Crippen molar-refractivity contribution in [2.75, 3.05) is 0 Å². The summed E-state index contributed by atoms with van der Waals surface area (Å²) >= 11 is 0. The minimum atomic E-state index is -1.16. The van der Waals surface area contributed by atoms with Crippen LogP contribution in [0.4, 0.5) is 4.39 Å². The molecular weight excluding hydrogens is 233 g/mol. The van der Waals surface area contributed by atoms with Gasteiger partial charge in [0.2, 0.25) is 5.82 Å². The third-order valence-corrected chi connectivity index (χ3v) is 3.06. The summed E-state index contributed by atoms with van der Waals surface area (Å²) in [5, 5.41) is 4.11. The molecule has 2 rings (SSSR count). The SMILES string of the molecule is C/C=C\C(=C/C)[C@H]1C[C@@H](F)c2nc(C(C)=O)nn21. The van der Waals surface area contributed by atoms with Gasteiger partial charge in [0, 0.05) is 13.3 Å². The van der Waals surface area contributed by atoms with Gasteiger partial charge in [-0.2, -0.15) is 0 Å². The molecule has 0 fully saturated rings. The van der Waals surface area contributed by atoms with Crippen LogP contribution < -0.4 is 0 Å². The van der Waals surface area contributed by atoms with E-state index in [2.05, 4.69) is 10.1 Å². The maximum atomic E-state index is 13.9. The number of rotatable bonds is 3. The van der Waals surface area contributed by atoms with Crippen LogP contribution in [0.1, 0.15) is 55.8 Å². The van der Waals surface area contributed by atoms with E-state index in [4.69, 9.17) is 0 Å². The number of allylic oxidation sites excluding steroid dienone is 4. The summed E-state index contributed by atoms with van der Waals surface area (Å²) in [6.45, 7) is 5.20. The lowest BCUT2D eigenvalue weighted by Gasteiger charge is -2.12. The van der Waals surface area contributed by atoms with Gasteiger partial charge in [-0.15, -0.1) is 5.10 Å². The monoisotopic (exact) mass is 249 g/mol. The summed E-state index contributed by atoms with van der Waals surface area (Å²) < 4.78 is 15.4. The molecule has 5 heteroatoms. The first-order chi connectivity index (χ1) is 8.58. The lowest BCUT2D eigenvalue weighted by Crippen LogP contribution is -2.09. The van der Waals surface area contributed by atoms with E-state index in [0.29, 0.717) is 6.42 Å². The number of hydrogen-bond acceptors (Lipinski definition) is 3. The zero-order valence-electron chi connectivity index (χ0n) is 10.7. The fraction of sp³-hybridized carbons (Fsp3) is 0.462. The quantitative estimate of drug-likeness (QED) is 0.611. The van der Waals surface area contributed by atoms with Crippen molar-refractivity contribution in [3.8, 4) is 0 Å². The molecule has 1 aliphatic rings. The number of hydrogen-bond donors (Lipinski definition) is 0. The van der Waals surface area contributed by atoms with Gasteiger partial charge in [0.25, 0.3) is 0 Å². The van der Waals surface area contributed by atoms with Gasteiger partial charge in [0.1, 0.15) is 0 Å². The van der Waals surface area contributed by atoms with Crippen LogP contribution in [0.3, 0.4) is 0 Å². The zero-order valence-corrected chi connectivity index (χ0v) is 10.7. The fourth-order valence-electron chi connectivity index (χ4n) is 2.20. The molecule has 1 aliphatic heterocycles. The highest BCUT2D eigenvalue weighted by Crippen LogP contribution is 2.39. The van der Waals surface area contributed by atoms with Crippen LogP contribution in [0.15, 0.2) is 23.8 Å². The van der Waals surface area contributed by atoms with Crippen LogP contribution in [0.5, 0.6) is 0 Å². The number of carbonyl (C=O) groups excluding carboxylic acids is 1. The van der Waals surface area contributed by atoms with E-state index in [1.807, 2.05) is 32.1 Å². The van der Waals surface area contributed by atoms with Crippen molar-refractivity contribution < 1.29 is 9.18 Å². The van der Waals surface area contributed by atoms with E-state index >= 15 is 0 Å². The molecule has 1 aromatic heterocycles. The van der Waals surface area contributed by atoms with E-state index in [1.165, 1.54) is 11.6 Å². The van der Waals surface area contributed by atoms with Gasteiger partial charge in [0.15, 0.2) is 17.8 Å². The van der Waals surface area contributed by atoms with Crippen LogP contribution in [0, 0.1) is 0 Å². The molecule has 0 saturated carbocycles. The minimum Gasteiger partial charge on any atom is -0.291 e. The molecule has 0 radical (unpaired) electrons. The molecule has 0 N–H and O–H groups in total. The van der Waals surface area contributed by atoms with Crippen molar-refractivity contribution in [3.05, 3.63) is 35.4 Å². The van der Waals surface area contributed by atoms with Crippen LogP contribution in [0.2, 0.25) is 0 Å². The van der Waals surface area contributed by atoms with Gasteiger partial charge in [-0.05, 0) is 19.4 Å². The molecule has 0 amide bonds. The molecule has 18 heavy (non-hydrogen) atoms. The summed E-state index contributed by atoms with van der Waals surface area (Å²) in [5.41, 5.74) is 0.985. The normalized spacial score (nSPS) is 23.7. The predicted octanol–water partition coefficient (Wildman–Crippen LogP) is 2.96. The van der Waals surface area contributed by atoms with E-state index < -0.39 is 6.17 Å². The van der Waals surface area contributed by atoms with E-state index in [0.717, 1.165) is 5.57 Å². The number of halogens is 1. The Kier molecular flexibility index (Phi) is 3.41. The molecular formula is C13H16FN3O. The Hall–Kier alpha value is -1.78. The second-order valence-corrected chi connectivity index (χ2v) is 4.30. The summed E-state index contributed by atoms with van der Waals surface area (Å²) in [5.74, 6) is 0.109. The average molecular weight is 249 g/mol. The van der Waals surface area contributed by atoms with Crippen LogP contribution in [-0.4, -0.2) is 20.5 Å². The number of carbonyl (C=O) groups is 1. The summed E-state index contributed by atoms with van der Waals surface area (Å²) in [7, 11) is 0. The van der Waals surface area contributed by atoms with Crippen molar-refractivity contribution in [2.24, 2.45) is 0 Å². The van der Waals surface area contributed by atoms with Crippen molar-refractivity contribution in [2.45, 2.75) is 39.4 Å². The average Bonchev–Trinajstić information content (AvgIpc) is 2.88. The number of fused-ring (bicyclic) bond motifs is 1. The molecule has 1 aromatic rings. The third kappa shape index (κ3) is 2.00. The molecule has 4 nitrogen and oxygen atoms in total. The molecule has 2 atom stereocenters. The van der Waals surface area contributed by atoms with Gasteiger partial charge in [-0.1, -0.05) is 18.2 Å². The van der Waals surface area contributed by atoms with Crippen molar-refractivity contribution >= 4 is 5.78 Å². The molecule has 2 heterocycles. The molecule has 0 unspecified atom stereocenters. The van der Waals surface area contributed by atoms with E-state index in [-0.39, 0.29) is 23.5 Å². The standard InChI is InChI=1S/C13H16FN3O/c1-4-6-9(5-2)11-7-10(14)13-15-12(8(3)18)16-17(11)13/h4-6,10-11H,7H2,1-3H3/b6-4-,9-5+/t10-,11-/m1/s1. The van der Waals surface area contributed by atoms with Crippen LogP contribution in [0.25, 0.3) is 0 Å². The Morgan fingerprint density at radius 3 is 2.78 bits per heavy atom. The van der Waals surface area contributed by atoms with E-state index in [1.54, 1.807) is 0 Å². The number of aromatic nitrogens is 3. The van der Waals surface area contributed by atoms with Gasteiger partial charge in [-0.25, -0.2) is 14.1 Å². The van der Waals surface area contributed by atoms with Crippen molar-refractivity contribution in [1.29, 1.82) is 0 Å². The van der Waals surface area contributed by atoms with Gasteiger partial charge in [0.05, 0.1) is 6.04 Å². The first-order valence-electron chi connectivity index (χ1n) is 5.98. The smallest absolute Gasteiger partial charge is 0.217 e. The lowest BCUT2D eigenvalue weighted by molar-refractivity contribution is 0.100. The second kappa shape index (κ2) is 4.84. The molecule has 0 aromatic carbocycles. The maximum Gasteiger partial charge on any atom is 0.217 e. The molecule has 0 spiro atoms. The van der Waals surface area contributed by atoms with Gasteiger partial charge < -0.3 is 0 Å². The van der Waals surface area contributed by atoms with Crippen molar-refractivity contribution in [3.63, 3.8) is 0 Å². The number of ketones is 1. The highest BCUT2D eigenvalue weighted by molar-refractivity contribution is 5.90. The van der Waals surface area contributed by atoms with Crippen LogP contribution in [-0.2, 0) is 0 Å². The Bertz CT molecular complexity index is 530. The Morgan fingerprint density at radius 2 is 2.22 bits per heavy atom. The second-order valence-electron chi connectivity index (χ2n) is 4.30. The zero-order chi connectivity index (χ0) is 13.3. The lowest BCUT2D eigenvalue weighted by atomic mass is 10.0. The number of Topliss-reactive ketones (excluding diaryl/α,β-unsaturated/α-hetero) is 1. The molecule has 0 bridgehead atoms. The van der Waals surface area contributed by atoms with Crippen LogP contribution >= 0.6 is 0 Å². The highest BCUT2D eigenvalue weighted by Gasteiger charge is 2.36. The Balaban J connectivity index is 2.43. The van der Waals surface area contributed by atoms with Gasteiger partial charge >= 0.3 is 0 Å². The molecule has 96 valence electrons. The minimum absolute atomic E-state index is 0.0910. The summed E-state index contributed by atoms with van der Waals surface area (Å²) in [4.78, 5) is 15.2. The third-order valence-electron chi connectivity index (χ3n) is 3.06. The first-order valence-corrected chi connectivity index (χ1v) is 5.98. The molecule has 0 aliphatic carbocycles. The largest absolute Gasteiger partial charge is 0.291 e. The fourth-order valence-corrected chi connectivity index (χ4v) is 2.20. The summed E-state index contributed by atoms with van der Waals surface area (Å²) in [6, 6.07) is -0.170. The predicted molar refractivity (Wildman–Crippen MR) is 66.1 cm³/mol. The van der Waals surface area contributed by atoms with Crippen molar-refractivity contribution in [1.82, 2.24) is 14.8 Å². The highest BCUT2D eigenvalue weighted by atomic mass is 19.1. The number of alkyl halides is 1. The first kappa shape index (κ1) is 12.7. The summed E-state index contributed by atoms with van der Waals surface area (Å²) in [6.07, 6.45) is 4.94. The Labute approximate surface area is 105 Å².